The molecule has 0 bridgehead atoms. The van der Waals surface area contributed by atoms with Gasteiger partial charge >= 0.3 is 0 Å². The number of benzene rings is 3. The van der Waals surface area contributed by atoms with Gasteiger partial charge in [-0.3, -0.25) is 0 Å². The van der Waals surface area contributed by atoms with Crippen LogP contribution in [0.25, 0.3) is 0 Å². The number of halogens is 1. The highest BCUT2D eigenvalue weighted by Gasteiger charge is 2.16. The molecule has 0 amide bonds. The van der Waals surface area contributed by atoms with E-state index in [1.807, 2.05) is 25.1 Å². The van der Waals surface area contributed by atoms with Gasteiger partial charge in [0.05, 0.1) is 4.90 Å². The molecule has 28 heavy (non-hydrogen) atoms. The minimum Gasteiger partial charge on any atom is -0.489 e. The van der Waals surface area contributed by atoms with Crippen LogP contribution in [0.15, 0.2) is 71.6 Å². The van der Waals surface area contributed by atoms with Crippen molar-refractivity contribution in [2.45, 2.75) is 31.9 Å². The van der Waals surface area contributed by atoms with Crippen molar-refractivity contribution in [1.29, 1.82) is 0 Å². The Morgan fingerprint density at radius 2 is 1.54 bits per heavy atom. The SMILES string of the molecule is Cc1ccc(C)c(S(=O)(=O)NCc2ccc(OCc3ccc(F)cc3)cc2)c1. The van der Waals surface area contributed by atoms with Crippen LogP contribution < -0.4 is 9.46 Å². The summed E-state index contributed by atoms with van der Waals surface area (Å²) in [4.78, 5) is 0.298. The molecular formula is C22H22FNO3S. The summed E-state index contributed by atoms with van der Waals surface area (Å²) < 4.78 is 46.4. The van der Waals surface area contributed by atoms with E-state index in [9.17, 15) is 12.8 Å². The standard InChI is InChI=1S/C22H22FNO3S/c1-16-3-4-17(2)22(13-16)28(25,26)24-14-18-7-11-21(12-8-18)27-15-19-5-9-20(23)10-6-19/h3-13,24H,14-15H2,1-2H3. The molecule has 0 fully saturated rings. The van der Waals surface area contributed by atoms with Crippen molar-refractivity contribution in [3.63, 3.8) is 0 Å². The lowest BCUT2D eigenvalue weighted by atomic mass is 10.2. The Balaban J connectivity index is 1.59. The van der Waals surface area contributed by atoms with Gasteiger partial charge in [-0.1, -0.05) is 36.4 Å². The fraction of sp³-hybridized carbons (Fsp3) is 0.182. The van der Waals surface area contributed by atoms with Crippen LogP contribution in [-0.4, -0.2) is 8.42 Å². The largest absolute Gasteiger partial charge is 0.489 e. The highest BCUT2D eigenvalue weighted by atomic mass is 32.2. The predicted octanol–water partition coefficient (Wildman–Crippen LogP) is 4.50. The smallest absolute Gasteiger partial charge is 0.241 e. The van der Waals surface area contributed by atoms with Crippen LogP contribution in [0, 0.1) is 19.7 Å². The second-order valence-electron chi connectivity index (χ2n) is 6.65. The Bertz CT molecular complexity index is 1050. The zero-order chi connectivity index (χ0) is 20.1. The van der Waals surface area contributed by atoms with E-state index in [0.717, 1.165) is 16.7 Å². The van der Waals surface area contributed by atoms with Gasteiger partial charge in [-0.05, 0) is 66.4 Å². The van der Waals surface area contributed by atoms with Crippen molar-refractivity contribution in [3.8, 4) is 5.75 Å². The second-order valence-corrected chi connectivity index (χ2v) is 8.39. The van der Waals surface area contributed by atoms with Crippen molar-refractivity contribution in [2.24, 2.45) is 0 Å². The van der Waals surface area contributed by atoms with Crippen molar-refractivity contribution in [2.75, 3.05) is 0 Å². The van der Waals surface area contributed by atoms with E-state index in [1.54, 1.807) is 43.3 Å². The maximum Gasteiger partial charge on any atom is 0.241 e. The average Bonchev–Trinajstić information content (AvgIpc) is 2.68. The summed E-state index contributed by atoms with van der Waals surface area (Å²) in [7, 11) is -3.58. The maximum absolute atomic E-state index is 12.9. The summed E-state index contributed by atoms with van der Waals surface area (Å²) in [5.74, 6) is 0.377. The average molecular weight is 399 g/mol. The Morgan fingerprint density at radius 3 is 2.21 bits per heavy atom. The number of rotatable bonds is 7. The van der Waals surface area contributed by atoms with Gasteiger partial charge in [-0.2, -0.15) is 0 Å². The molecule has 0 aliphatic carbocycles. The van der Waals surface area contributed by atoms with Crippen molar-refractivity contribution in [3.05, 3.63) is 94.8 Å². The van der Waals surface area contributed by atoms with E-state index in [4.69, 9.17) is 4.74 Å². The highest BCUT2D eigenvalue weighted by Crippen LogP contribution is 2.18. The Hall–Kier alpha value is -2.70. The maximum atomic E-state index is 12.9. The summed E-state index contributed by atoms with van der Waals surface area (Å²) >= 11 is 0. The van der Waals surface area contributed by atoms with E-state index in [2.05, 4.69) is 4.72 Å². The summed E-state index contributed by atoms with van der Waals surface area (Å²) in [5, 5.41) is 0. The first kappa shape index (κ1) is 20.0. The lowest BCUT2D eigenvalue weighted by Gasteiger charge is -2.11. The molecule has 0 aliphatic heterocycles. The van der Waals surface area contributed by atoms with Crippen molar-refractivity contribution >= 4 is 10.0 Å². The molecule has 0 saturated heterocycles. The Labute approximate surface area is 165 Å². The first-order valence-corrected chi connectivity index (χ1v) is 10.3. The molecule has 3 rings (SSSR count). The number of hydrogen-bond donors (Lipinski definition) is 1. The van der Waals surface area contributed by atoms with Gasteiger partial charge in [0.2, 0.25) is 10.0 Å². The van der Waals surface area contributed by atoms with Gasteiger partial charge in [-0.25, -0.2) is 17.5 Å². The topological polar surface area (TPSA) is 55.4 Å². The quantitative estimate of drug-likeness (QED) is 0.636. The Morgan fingerprint density at radius 1 is 0.893 bits per heavy atom. The normalized spacial score (nSPS) is 11.4. The number of nitrogens with one attached hydrogen (secondary N) is 1. The molecule has 0 radical (unpaired) electrons. The molecule has 0 aliphatic rings. The minimum atomic E-state index is -3.58. The van der Waals surface area contributed by atoms with Crippen LogP contribution in [0.4, 0.5) is 4.39 Å². The molecule has 3 aromatic rings. The molecule has 0 spiro atoms. The third-order valence-corrected chi connectivity index (χ3v) is 5.88. The molecular weight excluding hydrogens is 377 g/mol. The molecule has 1 N–H and O–H groups in total. The van der Waals surface area contributed by atoms with Crippen LogP contribution >= 0.6 is 0 Å². The van der Waals surface area contributed by atoms with Crippen LogP contribution in [0.5, 0.6) is 5.75 Å². The van der Waals surface area contributed by atoms with Crippen LogP contribution in [0.1, 0.15) is 22.3 Å². The molecule has 0 atom stereocenters. The van der Waals surface area contributed by atoms with E-state index < -0.39 is 10.0 Å². The van der Waals surface area contributed by atoms with Gasteiger partial charge < -0.3 is 4.74 Å². The van der Waals surface area contributed by atoms with Gasteiger partial charge in [0.1, 0.15) is 18.2 Å². The first-order chi connectivity index (χ1) is 13.3. The summed E-state index contributed by atoms with van der Waals surface area (Å²) in [6.45, 7) is 4.16. The molecule has 0 unspecified atom stereocenters. The number of aryl methyl sites for hydroxylation is 2. The van der Waals surface area contributed by atoms with E-state index >= 15 is 0 Å². The van der Waals surface area contributed by atoms with E-state index in [-0.39, 0.29) is 12.4 Å². The number of hydrogen-bond acceptors (Lipinski definition) is 3. The van der Waals surface area contributed by atoms with Gasteiger partial charge in [0.15, 0.2) is 0 Å². The molecule has 0 saturated carbocycles. The molecule has 146 valence electrons. The fourth-order valence-corrected chi connectivity index (χ4v) is 4.05. The third kappa shape index (κ3) is 5.18. The van der Waals surface area contributed by atoms with Gasteiger partial charge in [0.25, 0.3) is 0 Å². The fourth-order valence-electron chi connectivity index (χ4n) is 2.70. The zero-order valence-electron chi connectivity index (χ0n) is 15.8. The lowest BCUT2D eigenvalue weighted by molar-refractivity contribution is 0.306. The van der Waals surface area contributed by atoms with Crippen molar-refractivity contribution < 1.29 is 17.5 Å². The Kier molecular flexibility index (Phi) is 6.11. The van der Waals surface area contributed by atoms with E-state index in [0.29, 0.717) is 22.8 Å². The summed E-state index contributed by atoms with van der Waals surface area (Å²) in [6, 6.07) is 18.7. The van der Waals surface area contributed by atoms with E-state index in [1.165, 1.54) is 12.1 Å². The highest BCUT2D eigenvalue weighted by molar-refractivity contribution is 7.89. The molecule has 4 nitrogen and oxygen atoms in total. The van der Waals surface area contributed by atoms with Crippen molar-refractivity contribution in [1.82, 2.24) is 4.72 Å². The minimum absolute atomic E-state index is 0.188. The van der Waals surface area contributed by atoms with Crippen LogP contribution in [0.3, 0.4) is 0 Å². The third-order valence-electron chi connectivity index (χ3n) is 4.34. The molecule has 0 aromatic heterocycles. The number of sulfonamides is 1. The monoisotopic (exact) mass is 399 g/mol. The molecule has 0 heterocycles. The van der Waals surface area contributed by atoms with Crippen LogP contribution in [0.2, 0.25) is 0 Å². The second kappa shape index (κ2) is 8.54. The first-order valence-electron chi connectivity index (χ1n) is 8.86. The van der Waals surface area contributed by atoms with Gasteiger partial charge in [0, 0.05) is 6.54 Å². The lowest BCUT2D eigenvalue weighted by Crippen LogP contribution is -2.24. The summed E-state index contributed by atoms with van der Waals surface area (Å²) in [6.07, 6.45) is 0. The zero-order valence-corrected chi connectivity index (χ0v) is 16.6. The van der Waals surface area contributed by atoms with Crippen LogP contribution in [-0.2, 0) is 23.2 Å². The summed E-state index contributed by atoms with van der Waals surface area (Å²) in [5.41, 5.74) is 3.30. The van der Waals surface area contributed by atoms with Gasteiger partial charge in [-0.15, -0.1) is 0 Å². The predicted molar refractivity (Wildman–Crippen MR) is 107 cm³/mol. The number of ether oxygens (including phenoxy) is 1. The molecule has 6 heteroatoms. The molecule has 3 aromatic carbocycles.